The number of aromatic nitrogens is 3. The summed E-state index contributed by atoms with van der Waals surface area (Å²) in [5.74, 6) is 1.89. The topological polar surface area (TPSA) is 50.9 Å². The van der Waals surface area contributed by atoms with Gasteiger partial charge in [-0.15, -0.1) is 0 Å². The number of hydrogen-bond acceptors (Lipinski definition) is 3. The van der Waals surface area contributed by atoms with Crippen LogP contribution in [0.1, 0.15) is 50.7 Å². The molecule has 4 nitrogen and oxygen atoms in total. The van der Waals surface area contributed by atoms with E-state index >= 15 is 0 Å². The third kappa shape index (κ3) is 4.66. The SMILES string of the molecule is CC(C)c1cccc(C(C)C)c1-n1ccnc1-c1cccc(-c2cccc(-c3cc4ccccc4cc3O)n2)c1. The van der Waals surface area contributed by atoms with E-state index in [0.29, 0.717) is 11.8 Å². The van der Waals surface area contributed by atoms with Crippen LogP contribution in [0.25, 0.3) is 50.4 Å². The largest absolute Gasteiger partial charge is 0.507 e. The number of nitrogens with zero attached hydrogens (tertiary/aromatic N) is 3. The van der Waals surface area contributed by atoms with Gasteiger partial charge in [-0.25, -0.2) is 9.97 Å². The van der Waals surface area contributed by atoms with Gasteiger partial charge in [0.1, 0.15) is 11.6 Å². The number of para-hydroxylation sites is 1. The van der Waals surface area contributed by atoms with Crippen LogP contribution < -0.4 is 0 Å². The molecule has 40 heavy (non-hydrogen) atoms. The zero-order chi connectivity index (χ0) is 27.8. The van der Waals surface area contributed by atoms with Gasteiger partial charge in [-0.05, 0) is 64.1 Å². The molecule has 0 saturated carbocycles. The second-order valence-electron chi connectivity index (χ2n) is 10.9. The quantitative estimate of drug-likeness (QED) is 0.237. The van der Waals surface area contributed by atoms with Gasteiger partial charge in [-0.2, -0.15) is 0 Å². The van der Waals surface area contributed by atoms with Gasteiger partial charge in [0.2, 0.25) is 0 Å². The van der Waals surface area contributed by atoms with Crippen molar-refractivity contribution in [3.63, 3.8) is 0 Å². The lowest BCUT2D eigenvalue weighted by atomic mass is 9.92. The molecule has 0 atom stereocenters. The van der Waals surface area contributed by atoms with Gasteiger partial charge >= 0.3 is 0 Å². The van der Waals surface area contributed by atoms with E-state index in [1.54, 1.807) is 6.07 Å². The van der Waals surface area contributed by atoms with E-state index in [4.69, 9.17) is 9.97 Å². The van der Waals surface area contributed by atoms with Gasteiger partial charge in [0.25, 0.3) is 0 Å². The molecule has 0 radical (unpaired) electrons. The molecule has 0 saturated heterocycles. The Kier molecular flexibility index (Phi) is 6.69. The highest BCUT2D eigenvalue weighted by Crippen LogP contribution is 2.36. The van der Waals surface area contributed by atoms with E-state index in [-0.39, 0.29) is 5.75 Å². The summed E-state index contributed by atoms with van der Waals surface area (Å²) in [5.41, 5.74) is 8.16. The number of benzene rings is 4. The number of rotatable bonds is 6. The fraction of sp³-hybridized carbons (Fsp3) is 0.167. The lowest BCUT2D eigenvalue weighted by Gasteiger charge is -2.22. The first-order chi connectivity index (χ1) is 19.4. The number of phenols is 1. The second-order valence-corrected chi connectivity index (χ2v) is 10.9. The van der Waals surface area contributed by atoms with E-state index in [9.17, 15) is 5.11 Å². The van der Waals surface area contributed by atoms with Crippen LogP contribution in [-0.4, -0.2) is 19.6 Å². The first-order valence-electron chi connectivity index (χ1n) is 13.9. The van der Waals surface area contributed by atoms with Crippen LogP contribution in [-0.2, 0) is 0 Å². The van der Waals surface area contributed by atoms with E-state index in [0.717, 1.165) is 44.7 Å². The summed E-state index contributed by atoms with van der Waals surface area (Å²) in [6.45, 7) is 8.97. The highest BCUT2D eigenvalue weighted by molar-refractivity contribution is 5.90. The Labute approximate surface area is 235 Å². The first kappa shape index (κ1) is 25.6. The van der Waals surface area contributed by atoms with Crippen molar-refractivity contribution in [2.45, 2.75) is 39.5 Å². The summed E-state index contributed by atoms with van der Waals surface area (Å²) in [4.78, 5) is 9.79. The number of fused-ring (bicyclic) bond motifs is 1. The monoisotopic (exact) mass is 523 g/mol. The normalized spacial score (nSPS) is 11.6. The average Bonchev–Trinajstić information content (AvgIpc) is 3.46. The Balaban J connectivity index is 1.43. The Hall–Kier alpha value is -4.70. The van der Waals surface area contributed by atoms with Crippen molar-refractivity contribution in [1.29, 1.82) is 0 Å². The van der Waals surface area contributed by atoms with Gasteiger partial charge in [-0.3, -0.25) is 4.57 Å². The molecular weight excluding hydrogens is 490 g/mol. The maximum absolute atomic E-state index is 10.8. The van der Waals surface area contributed by atoms with Crippen LogP contribution in [0.5, 0.6) is 5.75 Å². The zero-order valence-electron chi connectivity index (χ0n) is 23.3. The predicted molar refractivity (Wildman–Crippen MR) is 165 cm³/mol. The maximum atomic E-state index is 10.8. The van der Waals surface area contributed by atoms with E-state index < -0.39 is 0 Å². The Morgan fingerprint density at radius 1 is 0.650 bits per heavy atom. The molecule has 0 spiro atoms. The smallest absolute Gasteiger partial charge is 0.144 e. The van der Waals surface area contributed by atoms with Gasteiger partial charge in [0, 0.05) is 29.1 Å². The summed E-state index contributed by atoms with van der Waals surface area (Å²) in [6.07, 6.45) is 3.95. The lowest BCUT2D eigenvalue weighted by Crippen LogP contribution is -2.07. The molecule has 0 bridgehead atoms. The van der Waals surface area contributed by atoms with Gasteiger partial charge < -0.3 is 5.11 Å². The average molecular weight is 524 g/mol. The molecule has 0 aliphatic heterocycles. The van der Waals surface area contributed by atoms with Crippen molar-refractivity contribution in [3.8, 4) is 45.3 Å². The molecule has 6 rings (SSSR count). The van der Waals surface area contributed by atoms with Crippen LogP contribution in [0, 0.1) is 0 Å². The van der Waals surface area contributed by atoms with E-state index in [2.05, 4.69) is 87.0 Å². The highest BCUT2D eigenvalue weighted by atomic mass is 16.3. The number of pyridine rings is 1. The molecule has 4 aromatic carbocycles. The summed E-state index contributed by atoms with van der Waals surface area (Å²) in [6, 6.07) is 32.8. The fourth-order valence-electron chi connectivity index (χ4n) is 5.48. The summed E-state index contributed by atoms with van der Waals surface area (Å²) >= 11 is 0. The Morgan fingerprint density at radius 3 is 2.00 bits per heavy atom. The van der Waals surface area contributed by atoms with Crippen LogP contribution in [0.4, 0.5) is 0 Å². The molecule has 1 N–H and O–H groups in total. The molecule has 2 aromatic heterocycles. The minimum absolute atomic E-state index is 0.226. The number of hydrogen-bond donors (Lipinski definition) is 1. The molecule has 0 amide bonds. The second kappa shape index (κ2) is 10.5. The predicted octanol–water partition coefficient (Wildman–Crippen LogP) is 9.37. The van der Waals surface area contributed by atoms with Crippen LogP contribution >= 0.6 is 0 Å². The van der Waals surface area contributed by atoms with Gasteiger partial charge in [-0.1, -0.05) is 94.4 Å². The molecule has 198 valence electrons. The van der Waals surface area contributed by atoms with Crippen LogP contribution in [0.2, 0.25) is 0 Å². The standard InChI is InChI=1S/C36H33N3O/c1-23(2)29-14-8-15-30(24(3)4)35(29)39-19-18-37-36(39)28-13-7-12-27(20-28)32-16-9-17-33(38-32)31-21-25-10-5-6-11-26(25)22-34(31)40/h5-24,40H,1-4H3. The van der Waals surface area contributed by atoms with Crippen molar-refractivity contribution >= 4 is 10.8 Å². The van der Waals surface area contributed by atoms with Gasteiger partial charge in [0.15, 0.2) is 0 Å². The van der Waals surface area contributed by atoms with Crippen LogP contribution in [0.15, 0.2) is 109 Å². The number of imidazole rings is 1. The van der Waals surface area contributed by atoms with Crippen molar-refractivity contribution in [3.05, 3.63) is 121 Å². The minimum Gasteiger partial charge on any atom is -0.507 e. The molecule has 0 fully saturated rings. The Morgan fingerprint density at radius 2 is 1.27 bits per heavy atom. The molecular formula is C36H33N3O. The van der Waals surface area contributed by atoms with E-state index in [1.807, 2.05) is 48.7 Å². The third-order valence-electron chi connectivity index (χ3n) is 7.53. The zero-order valence-corrected chi connectivity index (χ0v) is 23.3. The molecule has 6 aromatic rings. The molecule has 4 heteroatoms. The molecule has 2 heterocycles. The lowest BCUT2D eigenvalue weighted by molar-refractivity contribution is 0.478. The van der Waals surface area contributed by atoms with Crippen molar-refractivity contribution in [1.82, 2.24) is 14.5 Å². The Bertz CT molecular complexity index is 1800. The van der Waals surface area contributed by atoms with E-state index in [1.165, 1.54) is 16.8 Å². The number of phenolic OH excluding ortho intramolecular Hbond substituents is 1. The minimum atomic E-state index is 0.226. The maximum Gasteiger partial charge on any atom is 0.144 e. The fourth-order valence-corrected chi connectivity index (χ4v) is 5.48. The molecule has 0 unspecified atom stereocenters. The summed E-state index contributed by atoms with van der Waals surface area (Å²) < 4.78 is 2.24. The summed E-state index contributed by atoms with van der Waals surface area (Å²) in [5, 5.41) is 12.9. The van der Waals surface area contributed by atoms with Crippen molar-refractivity contribution in [2.24, 2.45) is 0 Å². The first-order valence-corrected chi connectivity index (χ1v) is 13.9. The summed E-state index contributed by atoms with van der Waals surface area (Å²) in [7, 11) is 0. The molecule has 0 aliphatic rings. The molecule has 0 aliphatic carbocycles. The van der Waals surface area contributed by atoms with Gasteiger partial charge in [0.05, 0.1) is 17.1 Å². The van der Waals surface area contributed by atoms with Crippen LogP contribution in [0.3, 0.4) is 0 Å². The third-order valence-corrected chi connectivity index (χ3v) is 7.53. The van der Waals surface area contributed by atoms with Crippen molar-refractivity contribution in [2.75, 3.05) is 0 Å². The highest BCUT2D eigenvalue weighted by Gasteiger charge is 2.19. The van der Waals surface area contributed by atoms with Crippen molar-refractivity contribution < 1.29 is 5.11 Å². The number of aromatic hydroxyl groups is 1.